The van der Waals surface area contributed by atoms with Gasteiger partial charge in [0.2, 0.25) is 0 Å². The molecule has 2 atom stereocenters. The monoisotopic (exact) mass is 236 g/mol. The normalized spacial score (nSPS) is 23.5. The number of hydrogen-bond acceptors (Lipinski definition) is 3. The zero-order valence-corrected chi connectivity index (χ0v) is 11.1. The Morgan fingerprint density at radius 2 is 2.24 bits per heavy atom. The molecule has 2 N–H and O–H groups in total. The minimum atomic E-state index is 0.257. The molecule has 3 nitrogen and oxygen atoms in total. The predicted octanol–water partition coefficient (Wildman–Crippen LogP) is 2.57. The number of nitrogens with two attached hydrogens (primary N) is 1. The topological polar surface area (TPSA) is 42.4 Å². The van der Waals surface area contributed by atoms with Crippen LogP contribution < -0.4 is 5.73 Å². The molecule has 2 heterocycles. The number of rotatable bonds is 4. The van der Waals surface area contributed by atoms with Crippen molar-refractivity contribution in [2.45, 2.75) is 33.2 Å². The second-order valence-corrected chi connectivity index (χ2v) is 5.49. The average molecular weight is 236 g/mol. The van der Waals surface area contributed by atoms with Crippen LogP contribution in [0.4, 0.5) is 0 Å². The first-order valence-corrected chi connectivity index (χ1v) is 6.62. The maximum atomic E-state index is 5.91. The van der Waals surface area contributed by atoms with Gasteiger partial charge in [0.25, 0.3) is 0 Å². The third-order valence-corrected chi connectivity index (χ3v) is 3.95. The highest BCUT2D eigenvalue weighted by Gasteiger charge is 2.31. The molecule has 17 heavy (non-hydrogen) atoms. The van der Waals surface area contributed by atoms with Crippen molar-refractivity contribution in [3.63, 3.8) is 0 Å². The fourth-order valence-corrected chi connectivity index (χ4v) is 2.72. The molecule has 1 aromatic heterocycles. The van der Waals surface area contributed by atoms with Crippen molar-refractivity contribution in [2.24, 2.45) is 17.6 Å². The molecule has 1 aliphatic heterocycles. The van der Waals surface area contributed by atoms with Crippen LogP contribution in [0.1, 0.15) is 37.8 Å². The van der Waals surface area contributed by atoms with Crippen LogP contribution >= 0.6 is 0 Å². The molecule has 0 radical (unpaired) electrons. The summed E-state index contributed by atoms with van der Waals surface area (Å²) in [7, 11) is 0. The van der Waals surface area contributed by atoms with Crippen molar-refractivity contribution in [2.75, 3.05) is 19.6 Å². The van der Waals surface area contributed by atoms with E-state index in [2.05, 4.69) is 24.8 Å². The van der Waals surface area contributed by atoms with Gasteiger partial charge in [0, 0.05) is 13.1 Å². The van der Waals surface area contributed by atoms with Crippen molar-refractivity contribution in [1.82, 2.24) is 4.90 Å². The first-order chi connectivity index (χ1) is 8.11. The molecule has 0 bridgehead atoms. The summed E-state index contributed by atoms with van der Waals surface area (Å²) in [5.74, 6) is 3.56. The van der Waals surface area contributed by atoms with Crippen LogP contribution in [0.15, 0.2) is 16.5 Å². The number of furan rings is 1. The third kappa shape index (κ3) is 2.72. The van der Waals surface area contributed by atoms with Crippen LogP contribution in [0.5, 0.6) is 0 Å². The minimum Gasteiger partial charge on any atom is -0.465 e. The summed E-state index contributed by atoms with van der Waals surface area (Å²) in [6.07, 6.45) is 1.29. The maximum absolute atomic E-state index is 5.91. The van der Waals surface area contributed by atoms with E-state index in [4.69, 9.17) is 10.2 Å². The molecule has 0 aromatic carbocycles. The minimum absolute atomic E-state index is 0.257. The van der Waals surface area contributed by atoms with E-state index in [1.165, 1.54) is 6.42 Å². The van der Waals surface area contributed by atoms with Gasteiger partial charge in [-0.3, -0.25) is 4.90 Å². The van der Waals surface area contributed by atoms with E-state index in [1.807, 2.05) is 13.0 Å². The molecule has 1 aliphatic rings. The fraction of sp³-hybridized carbons (Fsp3) is 0.714. The zero-order valence-electron chi connectivity index (χ0n) is 11.1. The van der Waals surface area contributed by atoms with E-state index < -0.39 is 0 Å². The molecule has 0 amide bonds. The molecule has 0 aliphatic carbocycles. The fourth-order valence-electron chi connectivity index (χ4n) is 2.72. The Balaban J connectivity index is 2.05. The standard InChI is InChI=1S/C14H24N2O/c1-10(2)12-6-7-16(9-12)13(8-15)14-5-4-11(3)17-14/h4-5,10,12-13H,6-9,15H2,1-3H3. The van der Waals surface area contributed by atoms with Gasteiger partial charge in [0.15, 0.2) is 0 Å². The Morgan fingerprint density at radius 1 is 1.47 bits per heavy atom. The van der Waals surface area contributed by atoms with Gasteiger partial charge in [-0.05, 0) is 43.9 Å². The highest BCUT2D eigenvalue weighted by atomic mass is 16.3. The molecule has 2 rings (SSSR count). The van der Waals surface area contributed by atoms with E-state index in [9.17, 15) is 0 Å². The smallest absolute Gasteiger partial charge is 0.122 e. The molecule has 96 valence electrons. The molecule has 0 spiro atoms. The van der Waals surface area contributed by atoms with Gasteiger partial charge >= 0.3 is 0 Å². The Labute approximate surface area is 104 Å². The summed E-state index contributed by atoms with van der Waals surface area (Å²) in [6.45, 7) is 9.53. The van der Waals surface area contributed by atoms with Crippen LogP contribution in [-0.2, 0) is 0 Å². The largest absolute Gasteiger partial charge is 0.465 e. The van der Waals surface area contributed by atoms with Gasteiger partial charge in [-0.2, -0.15) is 0 Å². The zero-order chi connectivity index (χ0) is 12.4. The number of nitrogens with zero attached hydrogens (tertiary/aromatic N) is 1. The Morgan fingerprint density at radius 3 is 2.71 bits per heavy atom. The van der Waals surface area contributed by atoms with Crippen molar-refractivity contribution >= 4 is 0 Å². The van der Waals surface area contributed by atoms with Crippen molar-refractivity contribution in [3.05, 3.63) is 23.7 Å². The van der Waals surface area contributed by atoms with Gasteiger partial charge in [-0.1, -0.05) is 13.8 Å². The van der Waals surface area contributed by atoms with Crippen LogP contribution in [0.2, 0.25) is 0 Å². The Bertz CT molecular complexity index is 359. The quantitative estimate of drug-likeness (QED) is 0.873. The van der Waals surface area contributed by atoms with Crippen LogP contribution in [-0.4, -0.2) is 24.5 Å². The van der Waals surface area contributed by atoms with E-state index in [1.54, 1.807) is 0 Å². The number of likely N-dealkylation sites (tertiary alicyclic amines) is 1. The highest BCUT2D eigenvalue weighted by molar-refractivity contribution is 5.11. The first-order valence-electron chi connectivity index (χ1n) is 6.62. The summed E-state index contributed by atoms with van der Waals surface area (Å²) in [6, 6.07) is 4.34. The van der Waals surface area contributed by atoms with E-state index in [0.717, 1.165) is 36.4 Å². The van der Waals surface area contributed by atoms with Gasteiger partial charge < -0.3 is 10.2 Å². The SMILES string of the molecule is Cc1ccc(C(CN)N2CCC(C(C)C)C2)o1. The van der Waals surface area contributed by atoms with E-state index >= 15 is 0 Å². The number of hydrogen-bond donors (Lipinski definition) is 1. The van der Waals surface area contributed by atoms with Crippen LogP contribution in [0.3, 0.4) is 0 Å². The molecule has 0 saturated carbocycles. The summed E-state index contributed by atoms with van der Waals surface area (Å²) in [5, 5.41) is 0. The summed E-state index contributed by atoms with van der Waals surface area (Å²) in [4.78, 5) is 2.48. The average Bonchev–Trinajstić information content (AvgIpc) is 2.89. The van der Waals surface area contributed by atoms with E-state index in [0.29, 0.717) is 6.54 Å². The maximum Gasteiger partial charge on any atom is 0.122 e. The molecule has 2 unspecified atom stereocenters. The summed E-state index contributed by atoms with van der Waals surface area (Å²) < 4.78 is 5.72. The Kier molecular flexibility index (Phi) is 3.89. The lowest BCUT2D eigenvalue weighted by Crippen LogP contribution is -2.32. The van der Waals surface area contributed by atoms with Crippen molar-refractivity contribution < 1.29 is 4.42 Å². The van der Waals surface area contributed by atoms with Crippen molar-refractivity contribution in [3.8, 4) is 0 Å². The molecular weight excluding hydrogens is 212 g/mol. The molecule has 1 aromatic rings. The Hall–Kier alpha value is -0.800. The summed E-state index contributed by atoms with van der Waals surface area (Å²) in [5.41, 5.74) is 5.91. The molecule has 3 heteroatoms. The number of aryl methyl sites for hydroxylation is 1. The van der Waals surface area contributed by atoms with Gasteiger partial charge in [0.05, 0.1) is 6.04 Å². The van der Waals surface area contributed by atoms with E-state index in [-0.39, 0.29) is 6.04 Å². The lowest BCUT2D eigenvalue weighted by Gasteiger charge is -2.25. The van der Waals surface area contributed by atoms with Crippen LogP contribution in [0, 0.1) is 18.8 Å². The molecule has 1 fully saturated rings. The lowest BCUT2D eigenvalue weighted by atomic mass is 9.95. The first kappa shape index (κ1) is 12.7. The third-order valence-electron chi connectivity index (χ3n) is 3.95. The highest BCUT2D eigenvalue weighted by Crippen LogP contribution is 2.31. The van der Waals surface area contributed by atoms with Gasteiger partial charge in [0.1, 0.15) is 11.5 Å². The lowest BCUT2D eigenvalue weighted by molar-refractivity contribution is 0.204. The van der Waals surface area contributed by atoms with Crippen LogP contribution in [0.25, 0.3) is 0 Å². The van der Waals surface area contributed by atoms with Crippen molar-refractivity contribution in [1.29, 1.82) is 0 Å². The molecule has 1 saturated heterocycles. The molecular formula is C14H24N2O. The second kappa shape index (κ2) is 5.23. The second-order valence-electron chi connectivity index (χ2n) is 5.49. The summed E-state index contributed by atoms with van der Waals surface area (Å²) >= 11 is 0. The van der Waals surface area contributed by atoms with Gasteiger partial charge in [-0.15, -0.1) is 0 Å². The predicted molar refractivity (Wildman–Crippen MR) is 69.8 cm³/mol. The van der Waals surface area contributed by atoms with Gasteiger partial charge in [-0.25, -0.2) is 0 Å².